The molecule has 0 radical (unpaired) electrons. The number of nitrogens with one attached hydrogen (secondary N) is 1. The smallest absolute Gasteiger partial charge is 0.328 e. The number of benzene rings is 1. The van der Waals surface area contributed by atoms with Crippen molar-refractivity contribution in [2.24, 2.45) is 17.8 Å². The Morgan fingerprint density at radius 1 is 1.32 bits per heavy atom. The van der Waals surface area contributed by atoms with Crippen molar-refractivity contribution in [3.05, 3.63) is 23.8 Å². The fraction of sp³-hybridized carbons (Fsp3) is 0.611. The predicted octanol–water partition coefficient (Wildman–Crippen LogP) is 3.18. The lowest BCUT2D eigenvalue weighted by atomic mass is 9.69. The number of fused-ring (bicyclic) bond motifs is 7. The van der Waals surface area contributed by atoms with Gasteiger partial charge in [-0.2, -0.15) is 0 Å². The highest BCUT2D eigenvalue weighted by Crippen LogP contribution is 2.61. The number of carbonyl (C=O) groups is 1. The summed E-state index contributed by atoms with van der Waals surface area (Å²) in [5.41, 5.74) is 2.41. The third-order valence-corrected chi connectivity index (χ3v) is 5.83. The van der Waals surface area contributed by atoms with Crippen LogP contribution in [0.4, 0.5) is 5.69 Å². The third-order valence-electron chi connectivity index (χ3n) is 5.83. The number of methoxy groups -OCH3 is 1. The fourth-order valence-corrected chi connectivity index (χ4v) is 5.06. The standard InChI is InChI=1S/C18H23NO3/c1-3-22-18(20)17-16-11-5-4-10(8-11)15(16)13-9-12(21-2)6-7-14(13)19-17/h6-7,9-11,15-17,19H,3-5,8H2,1-2H3/t10-,11+,15-,16-,17-/m1/s1. The summed E-state index contributed by atoms with van der Waals surface area (Å²) in [6.07, 6.45) is 3.80. The van der Waals surface area contributed by atoms with E-state index < -0.39 is 0 Å². The molecule has 2 bridgehead atoms. The molecule has 0 unspecified atom stereocenters. The molecular formula is C18H23NO3. The maximum atomic E-state index is 12.4. The van der Waals surface area contributed by atoms with Crippen LogP contribution < -0.4 is 10.1 Å². The van der Waals surface area contributed by atoms with E-state index in [1.807, 2.05) is 19.1 Å². The van der Waals surface area contributed by atoms with E-state index in [0.717, 1.165) is 11.4 Å². The molecule has 22 heavy (non-hydrogen) atoms. The van der Waals surface area contributed by atoms with Crippen molar-refractivity contribution in [1.82, 2.24) is 0 Å². The number of rotatable bonds is 3. The number of hydrogen-bond acceptors (Lipinski definition) is 4. The molecule has 118 valence electrons. The van der Waals surface area contributed by atoms with Crippen LogP contribution in [0.5, 0.6) is 5.75 Å². The first-order chi connectivity index (χ1) is 10.7. The van der Waals surface area contributed by atoms with E-state index >= 15 is 0 Å². The second-order valence-corrected chi connectivity index (χ2v) is 6.76. The molecular weight excluding hydrogens is 278 g/mol. The van der Waals surface area contributed by atoms with Crippen LogP contribution in [0, 0.1) is 17.8 Å². The molecule has 2 saturated carbocycles. The molecule has 2 fully saturated rings. The summed E-state index contributed by atoms with van der Waals surface area (Å²) < 4.78 is 10.7. The van der Waals surface area contributed by atoms with Gasteiger partial charge in [0.1, 0.15) is 11.8 Å². The van der Waals surface area contributed by atoms with E-state index in [-0.39, 0.29) is 12.0 Å². The van der Waals surface area contributed by atoms with Crippen molar-refractivity contribution in [3.8, 4) is 5.75 Å². The largest absolute Gasteiger partial charge is 0.497 e. The zero-order valence-corrected chi connectivity index (χ0v) is 13.2. The van der Waals surface area contributed by atoms with E-state index in [9.17, 15) is 4.79 Å². The molecule has 0 saturated heterocycles. The molecule has 2 aliphatic carbocycles. The molecule has 1 heterocycles. The second-order valence-electron chi connectivity index (χ2n) is 6.76. The highest BCUT2D eigenvalue weighted by atomic mass is 16.5. The van der Waals surface area contributed by atoms with Crippen molar-refractivity contribution in [1.29, 1.82) is 0 Å². The van der Waals surface area contributed by atoms with Gasteiger partial charge in [0.15, 0.2) is 0 Å². The second kappa shape index (κ2) is 5.18. The number of esters is 1. The van der Waals surface area contributed by atoms with Gasteiger partial charge in [-0.05, 0) is 73.6 Å². The highest BCUT2D eigenvalue weighted by Gasteiger charge is 2.55. The molecule has 5 atom stereocenters. The first-order valence-electron chi connectivity index (χ1n) is 8.34. The minimum absolute atomic E-state index is 0.0912. The predicted molar refractivity (Wildman–Crippen MR) is 84.1 cm³/mol. The van der Waals surface area contributed by atoms with Crippen molar-refractivity contribution in [3.63, 3.8) is 0 Å². The van der Waals surface area contributed by atoms with Crippen LogP contribution in [0.25, 0.3) is 0 Å². The Kier molecular flexibility index (Phi) is 3.28. The SMILES string of the molecule is CCOC(=O)[C@@H]1Nc2ccc(OC)cc2[C@H]2[C@@H]3CC[C@@H](C3)[C@H]21. The topological polar surface area (TPSA) is 47.6 Å². The van der Waals surface area contributed by atoms with Crippen LogP contribution >= 0.6 is 0 Å². The van der Waals surface area contributed by atoms with E-state index in [1.54, 1.807) is 7.11 Å². The van der Waals surface area contributed by atoms with Crippen LogP contribution in [0.1, 0.15) is 37.7 Å². The Hall–Kier alpha value is -1.71. The summed E-state index contributed by atoms with van der Waals surface area (Å²) >= 11 is 0. The monoisotopic (exact) mass is 301 g/mol. The van der Waals surface area contributed by atoms with E-state index in [1.165, 1.54) is 24.8 Å². The molecule has 0 aromatic heterocycles. The fourth-order valence-electron chi connectivity index (χ4n) is 5.06. The molecule has 0 amide bonds. The normalized spacial score (nSPS) is 34.5. The molecule has 1 N–H and O–H groups in total. The molecule has 3 aliphatic rings. The average Bonchev–Trinajstić information content (AvgIpc) is 3.15. The zero-order valence-electron chi connectivity index (χ0n) is 13.2. The summed E-state index contributed by atoms with van der Waals surface area (Å²) in [7, 11) is 1.71. The highest BCUT2D eigenvalue weighted by molar-refractivity contribution is 5.82. The summed E-state index contributed by atoms with van der Waals surface area (Å²) in [6, 6.07) is 5.97. The summed E-state index contributed by atoms with van der Waals surface area (Å²) in [4.78, 5) is 12.4. The van der Waals surface area contributed by atoms with Crippen LogP contribution in [-0.2, 0) is 9.53 Å². The Morgan fingerprint density at radius 3 is 2.91 bits per heavy atom. The van der Waals surface area contributed by atoms with Crippen LogP contribution in [-0.4, -0.2) is 25.7 Å². The molecule has 4 heteroatoms. The maximum absolute atomic E-state index is 12.4. The first-order valence-corrected chi connectivity index (χ1v) is 8.34. The van der Waals surface area contributed by atoms with Gasteiger partial charge in [-0.1, -0.05) is 0 Å². The molecule has 4 nitrogen and oxygen atoms in total. The zero-order chi connectivity index (χ0) is 15.3. The number of ether oxygens (including phenoxy) is 2. The van der Waals surface area contributed by atoms with Gasteiger partial charge in [0.05, 0.1) is 13.7 Å². The van der Waals surface area contributed by atoms with E-state index in [0.29, 0.717) is 30.3 Å². The lowest BCUT2D eigenvalue weighted by Crippen LogP contribution is -2.46. The molecule has 0 spiro atoms. The van der Waals surface area contributed by atoms with Gasteiger partial charge in [-0.25, -0.2) is 4.79 Å². The van der Waals surface area contributed by atoms with Crippen LogP contribution in [0.3, 0.4) is 0 Å². The number of carbonyl (C=O) groups excluding carboxylic acids is 1. The quantitative estimate of drug-likeness (QED) is 0.871. The average molecular weight is 301 g/mol. The van der Waals surface area contributed by atoms with Crippen molar-refractivity contribution in [2.75, 3.05) is 19.0 Å². The van der Waals surface area contributed by atoms with Gasteiger partial charge < -0.3 is 14.8 Å². The lowest BCUT2D eigenvalue weighted by Gasteiger charge is -2.42. The van der Waals surface area contributed by atoms with E-state index in [2.05, 4.69) is 11.4 Å². The van der Waals surface area contributed by atoms with Gasteiger partial charge in [-0.15, -0.1) is 0 Å². The Labute approximate surface area is 131 Å². The van der Waals surface area contributed by atoms with Crippen molar-refractivity contribution < 1.29 is 14.3 Å². The van der Waals surface area contributed by atoms with Crippen molar-refractivity contribution in [2.45, 2.75) is 38.1 Å². The van der Waals surface area contributed by atoms with Gasteiger partial charge >= 0.3 is 5.97 Å². The molecule has 1 aromatic carbocycles. The Morgan fingerprint density at radius 2 is 2.14 bits per heavy atom. The van der Waals surface area contributed by atoms with Gasteiger partial charge in [0.25, 0.3) is 0 Å². The van der Waals surface area contributed by atoms with Crippen molar-refractivity contribution >= 4 is 11.7 Å². The van der Waals surface area contributed by atoms with Gasteiger partial charge in [0.2, 0.25) is 0 Å². The Balaban J connectivity index is 1.76. The molecule has 1 aromatic rings. The Bertz CT molecular complexity index is 600. The summed E-state index contributed by atoms with van der Waals surface area (Å²) in [5, 5.41) is 3.46. The minimum atomic E-state index is -0.193. The lowest BCUT2D eigenvalue weighted by molar-refractivity contribution is -0.146. The van der Waals surface area contributed by atoms with Crippen LogP contribution in [0.15, 0.2) is 18.2 Å². The minimum Gasteiger partial charge on any atom is -0.497 e. The van der Waals surface area contributed by atoms with E-state index in [4.69, 9.17) is 9.47 Å². The van der Waals surface area contributed by atoms with Gasteiger partial charge in [-0.3, -0.25) is 0 Å². The number of hydrogen-bond donors (Lipinski definition) is 1. The third kappa shape index (κ3) is 1.93. The van der Waals surface area contributed by atoms with Crippen LogP contribution in [0.2, 0.25) is 0 Å². The summed E-state index contributed by atoms with van der Waals surface area (Å²) in [6.45, 7) is 2.32. The maximum Gasteiger partial charge on any atom is 0.328 e. The van der Waals surface area contributed by atoms with Gasteiger partial charge in [0, 0.05) is 5.69 Å². The first kappa shape index (κ1) is 13.9. The summed E-state index contributed by atoms with van der Waals surface area (Å²) in [5.74, 6) is 3.01. The molecule has 1 aliphatic heterocycles. The number of anilines is 1. The molecule has 4 rings (SSSR count).